The largest absolute Gasteiger partial charge is 0.459 e. The van der Waals surface area contributed by atoms with Gasteiger partial charge in [0.05, 0.1) is 0 Å². The minimum Gasteiger partial charge on any atom is -0.459 e. The van der Waals surface area contributed by atoms with Crippen LogP contribution >= 0.6 is 0 Å². The predicted molar refractivity (Wildman–Crippen MR) is 67.5 cm³/mol. The van der Waals surface area contributed by atoms with E-state index in [2.05, 4.69) is 11.9 Å². The van der Waals surface area contributed by atoms with E-state index in [1.807, 2.05) is 27.7 Å². The molecule has 2 aliphatic heterocycles. The van der Waals surface area contributed by atoms with Crippen molar-refractivity contribution in [2.24, 2.45) is 0 Å². The van der Waals surface area contributed by atoms with Gasteiger partial charge in [0.1, 0.15) is 5.60 Å². The standard InChI is InChI=1S/C9H15NO2.2C2H6/c1-10-6-4-9(5-7-10)3-2-8(11)12-9;2*1-2/h2-7H2,1H3;2*1-2H3. The van der Waals surface area contributed by atoms with Crippen LogP contribution in [-0.2, 0) is 9.53 Å². The maximum absolute atomic E-state index is 11.0. The predicted octanol–water partition coefficient (Wildman–Crippen LogP) is 2.84. The van der Waals surface area contributed by atoms with Gasteiger partial charge in [-0.25, -0.2) is 0 Å². The lowest BCUT2D eigenvalue weighted by Crippen LogP contribution is -2.42. The van der Waals surface area contributed by atoms with Crippen molar-refractivity contribution in [2.45, 2.75) is 59.0 Å². The number of likely N-dealkylation sites (tertiary alicyclic amines) is 1. The second-order valence-corrected chi connectivity index (χ2v) is 3.96. The first-order chi connectivity index (χ1) is 7.70. The Morgan fingerprint density at radius 1 is 1.06 bits per heavy atom. The third kappa shape index (κ3) is 4.12. The third-order valence-corrected chi connectivity index (χ3v) is 3.01. The van der Waals surface area contributed by atoms with E-state index in [0.717, 1.165) is 32.4 Å². The Labute approximate surface area is 100 Å². The van der Waals surface area contributed by atoms with Gasteiger partial charge in [-0.2, -0.15) is 0 Å². The van der Waals surface area contributed by atoms with Crippen molar-refractivity contribution in [1.29, 1.82) is 0 Å². The van der Waals surface area contributed by atoms with Crippen molar-refractivity contribution in [3.05, 3.63) is 0 Å². The quantitative estimate of drug-likeness (QED) is 0.598. The molecule has 2 rings (SSSR count). The van der Waals surface area contributed by atoms with Gasteiger partial charge in [0.15, 0.2) is 0 Å². The van der Waals surface area contributed by atoms with Gasteiger partial charge in [-0.15, -0.1) is 0 Å². The van der Waals surface area contributed by atoms with Gasteiger partial charge in [-0.1, -0.05) is 27.7 Å². The molecule has 2 aliphatic rings. The zero-order valence-corrected chi connectivity index (χ0v) is 11.5. The SMILES string of the molecule is CC.CC.CN1CCC2(CCC(=O)O2)CC1. The van der Waals surface area contributed by atoms with Gasteiger partial charge in [-0.05, 0) is 26.3 Å². The van der Waals surface area contributed by atoms with Crippen LogP contribution in [0.4, 0.5) is 0 Å². The lowest BCUT2D eigenvalue weighted by atomic mass is 9.89. The molecule has 0 amide bonds. The number of rotatable bonds is 0. The highest BCUT2D eigenvalue weighted by atomic mass is 16.6. The molecule has 0 aromatic heterocycles. The number of hydrogen-bond donors (Lipinski definition) is 0. The van der Waals surface area contributed by atoms with E-state index < -0.39 is 0 Å². The fourth-order valence-electron chi connectivity index (χ4n) is 2.05. The van der Waals surface area contributed by atoms with E-state index >= 15 is 0 Å². The normalized spacial score (nSPS) is 22.7. The highest BCUT2D eigenvalue weighted by Gasteiger charge is 2.41. The summed E-state index contributed by atoms with van der Waals surface area (Å²) in [7, 11) is 2.11. The molecule has 0 aliphatic carbocycles. The molecule has 0 unspecified atom stereocenters. The van der Waals surface area contributed by atoms with Crippen LogP contribution in [0, 0.1) is 0 Å². The molecule has 0 aromatic rings. The summed E-state index contributed by atoms with van der Waals surface area (Å²) in [6.07, 6.45) is 3.62. The van der Waals surface area contributed by atoms with Gasteiger partial charge in [0.2, 0.25) is 0 Å². The van der Waals surface area contributed by atoms with Crippen molar-refractivity contribution >= 4 is 5.97 Å². The average Bonchev–Trinajstić information content (AvgIpc) is 2.71. The Morgan fingerprint density at radius 2 is 1.56 bits per heavy atom. The van der Waals surface area contributed by atoms with E-state index in [1.54, 1.807) is 0 Å². The number of esters is 1. The molecule has 0 bridgehead atoms. The first-order valence-electron chi connectivity index (χ1n) is 6.61. The van der Waals surface area contributed by atoms with E-state index in [4.69, 9.17) is 4.74 Å². The summed E-state index contributed by atoms with van der Waals surface area (Å²) < 4.78 is 5.37. The van der Waals surface area contributed by atoms with Crippen molar-refractivity contribution in [3.8, 4) is 0 Å². The maximum atomic E-state index is 11.0. The minimum absolute atomic E-state index is 0.000414. The third-order valence-electron chi connectivity index (χ3n) is 3.01. The number of nitrogens with zero attached hydrogens (tertiary/aromatic N) is 1. The molecular weight excluding hydrogens is 202 g/mol. The van der Waals surface area contributed by atoms with Gasteiger partial charge >= 0.3 is 5.97 Å². The summed E-state index contributed by atoms with van der Waals surface area (Å²) in [4.78, 5) is 13.3. The first-order valence-corrected chi connectivity index (χ1v) is 6.61. The molecule has 16 heavy (non-hydrogen) atoms. The molecule has 96 valence electrons. The van der Waals surface area contributed by atoms with Crippen molar-refractivity contribution < 1.29 is 9.53 Å². The van der Waals surface area contributed by atoms with Crippen LogP contribution in [0.1, 0.15) is 53.4 Å². The second kappa shape index (κ2) is 7.66. The second-order valence-electron chi connectivity index (χ2n) is 3.96. The molecule has 0 saturated carbocycles. The Balaban J connectivity index is 0.000000509. The Kier molecular flexibility index (Phi) is 7.39. The van der Waals surface area contributed by atoms with Crippen LogP contribution in [0.15, 0.2) is 0 Å². The molecule has 1 spiro atoms. The van der Waals surface area contributed by atoms with Crippen molar-refractivity contribution in [1.82, 2.24) is 4.90 Å². The summed E-state index contributed by atoms with van der Waals surface area (Å²) in [5.41, 5.74) is -0.0659. The molecule has 0 atom stereocenters. The molecule has 2 saturated heterocycles. The molecule has 0 radical (unpaired) electrons. The van der Waals surface area contributed by atoms with Crippen LogP contribution in [0.25, 0.3) is 0 Å². The van der Waals surface area contributed by atoms with Crippen molar-refractivity contribution in [3.63, 3.8) is 0 Å². The fourth-order valence-corrected chi connectivity index (χ4v) is 2.05. The Morgan fingerprint density at radius 3 is 1.94 bits per heavy atom. The first kappa shape index (κ1) is 15.4. The molecule has 0 N–H and O–H groups in total. The van der Waals surface area contributed by atoms with E-state index in [9.17, 15) is 4.79 Å². The summed E-state index contributed by atoms with van der Waals surface area (Å²) in [6, 6.07) is 0. The lowest BCUT2D eigenvalue weighted by Gasteiger charge is -2.36. The Hall–Kier alpha value is -0.570. The summed E-state index contributed by atoms with van der Waals surface area (Å²) in [5.74, 6) is -0.000414. The Bertz CT molecular complexity index is 196. The summed E-state index contributed by atoms with van der Waals surface area (Å²) >= 11 is 0. The van der Waals surface area contributed by atoms with Gasteiger partial charge in [0, 0.05) is 19.5 Å². The monoisotopic (exact) mass is 229 g/mol. The lowest BCUT2D eigenvalue weighted by molar-refractivity contribution is -0.151. The summed E-state index contributed by atoms with van der Waals surface area (Å²) in [5, 5.41) is 0. The number of carbonyl (C=O) groups excluding carboxylic acids is 1. The number of ether oxygens (including phenoxy) is 1. The molecule has 0 aromatic carbocycles. The van der Waals surface area contributed by atoms with E-state index in [1.165, 1.54) is 0 Å². The van der Waals surface area contributed by atoms with Crippen LogP contribution < -0.4 is 0 Å². The van der Waals surface area contributed by atoms with Gasteiger partial charge in [-0.3, -0.25) is 4.79 Å². The highest BCUT2D eigenvalue weighted by Crippen LogP contribution is 2.35. The van der Waals surface area contributed by atoms with E-state index in [0.29, 0.717) is 6.42 Å². The zero-order chi connectivity index (χ0) is 12.6. The van der Waals surface area contributed by atoms with Crippen LogP contribution in [0.2, 0.25) is 0 Å². The number of carbonyl (C=O) groups is 1. The molecule has 3 nitrogen and oxygen atoms in total. The minimum atomic E-state index is -0.0659. The number of piperidine rings is 1. The molecule has 2 heterocycles. The van der Waals surface area contributed by atoms with Crippen LogP contribution in [-0.4, -0.2) is 36.6 Å². The van der Waals surface area contributed by atoms with Gasteiger partial charge < -0.3 is 9.64 Å². The molecule has 3 heteroatoms. The number of hydrogen-bond acceptors (Lipinski definition) is 3. The smallest absolute Gasteiger partial charge is 0.306 e. The van der Waals surface area contributed by atoms with Gasteiger partial charge in [0.25, 0.3) is 0 Å². The van der Waals surface area contributed by atoms with Crippen LogP contribution in [0.3, 0.4) is 0 Å². The van der Waals surface area contributed by atoms with E-state index in [-0.39, 0.29) is 11.6 Å². The maximum Gasteiger partial charge on any atom is 0.306 e. The average molecular weight is 229 g/mol. The zero-order valence-electron chi connectivity index (χ0n) is 11.5. The highest BCUT2D eigenvalue weighted by molar-refractivity contribution is 5.72. The molecular formula is C13H27NO2. The fraction of sp³-hybridized carbons (Fsp3) is 0.923. The van der Waals surface area contributed by atoms with Crippen molar-refractivity contribution in [2.75, 3.05) is 20.1 Å². The van der Waals surface area contributed by atoms with Crippen LogP contribution in [0.5, 0.6) is 0 Å². The summed E-state index contributed by atoms with van der Waals surface area (Å²) in [6.45, 7) is 10.1. The molecule has 2 fully saturated rings. The topological polar surface area (TPSA) is 29.5 Å².